The zero-order valence-electron chi connectivity index (χ0n) is 8.87. The van der Waals surface area contributed by atoms with Gasteiger partial charge in [-0.2, -0.15) is 0 Å². The van der Waals surface area contributed by atoms with Crippen molar-refractivity contribution in [2.45, 2.75) is 51.4 Å². The molecule has 0 radical (unpaired) electrons. The van der Waals surface area contributed by atoms with E-state index >= 15 is 0 Å². The van der Waals surface area contributed by atoms with E-state index in [0.29, 0.717) is 11.7 Å². The summed E-state index contributed by atoms with van der Waals surface area (Å²) in [4.78, 5) is 12.0. The minimum absolute atomic E-state index is 0.486. The Morgan fingerprint density at radius 2 is 1.64 bits per heavy atom. The fourth-order valence-corrected chi connectivity index (χ4v) is 3.64. The predicted octanol–water partition coefficient (Wildman–Crippen LogP) is 3.18. The van der Waals surface area contributed by atoms with Gasteiger partial charge in [-0.25, -0.2) is 0 Å². The van der Waals surface area contributed by atoms with Gasteiger partial charge in [0.1, 0.15) is 5.78 Å². The number of carbonyl (C=O) groups is 1. The number of rotatable bonds is 3. The molecule has 2 unspecified atom stereocenters. The molecule has 1 nitrogen and oxygen atoms in total. The van der Waals surface area contributed by atoms with Crippen LogP contribution in [0.2, 0.25) is 0 Å². The highest BCUT2D eigenvalue weighted by atomic mass is 16.1. The highest BCUT2D eigenvalue weighted by Crippen LogP contribution is 2.54. The van der Waals surface area contributed by atoms with E-state index in [1.165, 1.54) is 44.9 Å². The number of ketones is 1. The summed E-state index contributed by atoms with van der Waals surface area (Å²) in [7, 11) is 0. The molecule has 14 heavy (non-hydrogen) atoms. The van der Waals surface area contributed by atoms with E-state index < -0.39 is 0 Å². The lowest BCUT2D eigenvalue weighted by atomic mass is 9.90. The van der Waals surface area contributed by atoms with Gasteiger partial charge < -0.3 is 0 Å². The first-order chi connectivity index (χ1) is 6.83. The van der Waals surface area contributed by atoms with Crippen LogP contribution in [-0.2, 0) is 4.79 Å². The Balaban J connectivity index is 1.50. The molecule has 3 saturated carbocycles. The quantitative estimate of drug-likeness (QED) is 0.671. The summed E-state index contributed by atoms with van der Waals surface area (Å²) in [6, 6.07) is 0. The second-order valence-electron chi connectivity index (χ2n) is 5.75. The van der Waals surface area contributed by atoms with Crippen LogP contribution in [0.3, 0.4) is 0 Å². The lowest BCUT2D eigenvalue weighted by Crippen LogP contribution is -2.15. The topological polar surface area (TPSA) is 17.1 Å². The molecule has 3 aliphatic carbocycles. The van der Waals surface area contributed by atoms with Crippen LogP contribution in [0.5, 0.6) is 0 Å². The summed E-state index contributed by atoms with van der Waals surface area (Å²) in [5, 5.41) is 0. The van der Waals surface area contributed by atoms with Crippen LogP contribution in [0, 0.1) is 23.7 Å². The van der Waals surface area contributed by atoms with Gasteiger partial charge in [0.15, 0.2) is 0 Å². The van der Waals surface area contributed by atoms with Gasteiger partial charge in [-0.15, -0.1) is 0 Å². The molecular weight excluding hydrogens is 172 g/mol. The molecule has 2 atom stereocenters. The lowest BCUT2D eigenvalue weighted by Gasteiger charge is -2.13. The Morgan fingerprint density at radius 3 is 2.29 bits per heavy atom. The van der Waals surface area contributed by atoms with Crippen LogP contribution in [0.15, 0.2) is 0 Å². The van der Waals surface area contributed by atoms with E-state index in [0.717, 1.165) is 24.2 Å². The average molecular weight is 192 g/mol. The third-order valence-corrected chi connectivity index (χ3v) is 4.66. The van der Waals surface area contributed by atoms with Gasteiger partial charge in [0.2, 0.25) is 0 Å². The number of fused-ring (bicyclic) bond motifs is 1. The minimum Gasteiger partial charge on any atom is -0.299 e. The van der Waals surface area contributed by atoms with Crippen LogP contribution in [0.4, 0.5) is 0 Å². The number of Topliss-reactive ketones (excluding diaryl/α,β-unsaturated/α-hetero) is 1. The van der Waals surface area contributed by atoms with Gasteiger partial charge in [0.05, 0.1) is 0 Å². The zero-order valence-corrected chi connectivity index (χ0v) is 8.87. The van der Waals surface area contributed by atoms with Crippen molar-refractivity contribution in [3.8, 4) is 0 Å². The largest absolute Gasteiger partial charge is 0.299 e. The van der Waals surface area contributed by atoms with Gasteiger partial charge in [0, 0.05) is 12.3 Å². The summed E-state index contributed by atoms with van der Waals surface area (Å²) in [6.45, 7) is 0. The van der Waals surface area contributed by atoms with Crippen molar-refractivity contribution in [3.05, 3.63) is 0 Å². The van der Waals surface area contributed by atoms with E-state index in [1.807, 2.05) is 0 Å². The first kappa shape index (κ1) is 8.94. The Labute approximate surface area is 86.3 Å². The number of carbonyl (C=O) groups excluding carboxylic acids is 1. The third kappa shape index (κ3) is 1.62. The Hall–Kier alpha value is -0.330. The molecule has 0 aromatic carbocycles. The first-order valence-electron chi connectivity index (χ1n) is 6.35. The van der Waals surface area contributed by atoms with E-state index in [2.05, 4.69) is 0 Å². The minimum atomic E-state index is 0.486. The molecule has 0 amide bonds. The molecule has 0 spiro atoms. The van der Waals surface area contributed by atoms with Crippen molar-refractivity contribution >= 4 is 5.78 Å². The molecule has 3 aliphatic rings. The van der Waals surface area contributed by atoms with Gasteiger partial charge >= 0.3 is 0 Å². The van der Waals surface area contributed by atoms with Crippen molar-refractivity contribution in [2.24, 2.45) is 23.7 Å². The maximum Gasteiger partial charge on any atom is 0.136 e. The summed E-state index contributed by atoms with van der Waals surface area (Å²) in [5.41, 5.74) is 0. The van der Waals surface area contributed by atoms with Crippen molar-refractivity contribution in [1.82, 2.24) is 0 Å². The Kier molecular flexibility index (Phi) is 2.14. The highest BCUT2D eigenvalue weighted by molar-refractivity contribution is 5.81. The van der Waals surface area contributed by atoms with Crippen LogP contribution >= 0.6 is 0 Å². The highest BCUT2D eigenvalue weighted by Gasteiger charge is 2.47. The zero-order chi connectivity index (χ0) is 9.54. The van der Waals surface area contributed by atoms with Crippen LogP contribution < -0.4 is 0 Å². The molecule has 0 bridgehead atoms. The summed E-state index contributed by atoms with van der Waals surface area (Å²) < 4.78 is 0. The van der Waals surface area contributed by atoms with E-state index in [1.54, 1.807) is 0 Å². The third-order valence-electron chi connectivity index (χ3n) is 4.66. The van der Waals surface area contributed by atoms with E-state index in [-0.39, 0.29) is 0 Å². The maximum atomic E-state index is 12.0. The molecule has 1 heteroatoms. The maximum absolute atomic E-state index is 12.0. The monoisotopic (exact) mass is 192 g/mol. The second-order valence-corrected chi connectivity index (χ2v) is 5.75. The van der Waals surface area contributed by atoms with Crippen LogP contribution in [0.1, 0.15) is 51.4 Å². The summed E-state index contributed by atoms with van der Waals surface area (Å²) >= 11 is 0. The average Bonchev–Trinajstić information content (AvgIpc) is 2.68. The van der Waals surface area contributed by atoms with Gasteiger partial charge in [-0.3, -0.25) is 4.79 Å². The van der Waals surface area contributed by atoms with Crippen molar-refractivity contribution < 1.29 is 4.79 Å². The number of hydrogen-bond acceptors (Lipinski definition) is 1. The lowest BCUT2D eigenvalue weighted by molar-refractivity contribution is -0.123. The standard InChI is InChI=1S/C13H20O/c14-13(5-9-3-1-2-4-9)12-7-10-6-11(10)8-12/h9-12H,1-8H2. The molecule has 0 N–H and O–H groups in total. The van der Waals surface area contributed by atoms with Crippen LogP contribution in [-0.4, -0.2) is 5.78 Å². The first-order valence-corrected chi connectivity index (χ1v) is 6.35. The van der Waals surface area contributed by atoms with Crippen molar-refractivity contribution in [1.29, 1.82) is 0 Å². The van der Waals surface area contributed by atoms with E-state index in [4.69, 9.17) is 0 Å². The van der Waals surface area contributed by atoms with Crippen LogP contribution in [0.25, 0.3) is 0 Å². The van der Waals surface area contributed by atoms with E-state index in [9.17, 15) is 4.79 Å². The Morgan fingerprint density at radius 1 is 1.00 bits per heavy atom. The molecule has 0 aromatic heterocycles. The summed E-state index contributed by atoms with van der Waals surface area (Å²) in [6.07, 6.45) is 10.2. The molecule has 3 fully saturated rings. The predicted molar refractivity (Wildman–Crippen MR) is 55.9 cm³/mol. The fraction of sp³-hybridized carbons (Fsp3) is 0.923. The van der Waals surface area contributed by atoms with Crippen molar-refractivity contribution in [3.63, 3.8) is 0 Å². The second kappa shape index (κ2) is 3.36. The summed E-state index contributed by atoms with van der Waals surface area (Å²) in [5.74, 6) is 3.79. The fourth-order valence-electron chi connectivity index (χ4n) is 3.64. The van der Waals surface area contributed by atoms with Gasteiger partial charge in [0.25, 0.3) is 0 Å². The molecule has 0 aromatic rings. The normalized spacial score (nSPS) is 41.3. The molecule has 3 rings (SSSR count). The molecular formula is C13H20O. The molecule has 0 heterocycles. The molecule has 78 valence electrons. The molecule has 0 aliphatic heterocycles. The number of hydrogen-bond donors (Lipinski definition) is 0. The SMILES string of the molecule is O=C(CC1CCCC1)C1CC2CC2C1. The van der Waals surface area contributed by atoms with Crippen molar-refractivity contribution in [2.75, 3.05) is 0 Å². The smallest absolute Gasteiger partial charge is 0.136 e. The van der Waals surface area contributed by atoms with Gasteiger partial charge in [-0.05, 0) is 37.0 Å². The van der Waals surface area contributed by atoms with Gasteiger partial charge in [-0.1, -0.05) is 25.7 Å². The molecule has 0 saturated heterocycles. The Bertz CT molecular complexity index is 230.